The van der Waals surface area contributed by atoms with Gasteiger partial charge in [-0.05, 0) is 70.6 Å². The van der Waals surface area contributed by atoms with Crippen molar-refractivity contribution in [1.82, 2.24) is 0 Å². The van der Waals surface area contributed by atoms with Gasteiger partial charge >= 0.3 is 5.97 Å². The molecule has 2 rings (SSSR count). The van der Waals surface area contributed by atoms with Crippen LogP contribution in [-0.2, 0) is 4.79 Å². The fraction of sp³-hybridized carbons (Fsp3) is 0.682. The standard InChI is InChI=1S/C22H34O4/c1-15(2)10-11-18(23)7-5-8-19-20-13-16(6-3-4-9-22(25)26)12-17(20)14-21(19)24/h5,8,10,12,17-21,23-24H,3-4,6-7,9,11,13-14H2,1-2H3,(H,25,26)/t17-,18?,19-,20-,21+/m0/s1. The molecule has 4 nitrogen and oxygen atoms in total. The van der Waals surface area contributed by atoms with Crippen LogP contribution >= 0.6 is 0 Å². The number of carboxylic acids is 1. The topological polar surface area (TPSA) is 77.8 Å². The zero-order valence-electron chi connectivity index (χ0n) is 16.1. The molecule has 0 aromatic rings. The minimum Gasteiger partial charge on any atom is -0.481 e. The van der Waals surface area contributed by atoms with E-state index in [2.05, 4.69) is 18.2 Å². The molecule has 1 fully saturated rings. The Morgan fingerprint density at radius 1 is 1.31 bits per heavy atom. The van der Waals surface area contributed by atoms with Gasteiger partial charge in [0.05, 0.1) is 12.2 Å². The number of aliphatic carboxylic acids is 1. The predicted octanol–water partition coefficient (Wildman–Crippen LogP) is 4.24. The molecular weight excluding hydrogens is 328 g/mol. The fourth-order valence-corrected chi connectivity index (χ4v) is 4.28. The van der Waals surface area contributed by atoms with Crippen molar-refractivity contribution < 1.29 is 20.1 Å². The van der Waals surface area contributed by atoms with Crippen LogP contribution in [0.4, 0.5) is 0 Å². The first-order valence-corrected chi connectivity index (χ1v) is 9.94. The van der Waals surface area contributed by atoms with E-state index in [9.17, 15) is 15.0 Å². The van der Waals surface area contributed by atoms with Crippen LogP contribution in [0.3, 0.4) is 0 Å². The quantitative estimate of drug-likeness (QED) is 0.401. The first kappa shape index (κ1) is 20.9. The number of unbranched alkanes of at least 4 members (excludes halogenated alkanes) is 1. The highest BCUT2D eigenvalue weighted by Gasteiger charge is 2.43. The number of fused-ring (bicyclic) bond motifs is 1. The third-order valence-electron chi connectivity index (χ3n) is 5.65. The number of allylic oxidation sites excluding steroid dienone is 3. The molecule has 0 heterocycles. The first-order valence-electron chi connectivity index (χ1n) is 9.94. The molecule has 0 amide bonds. The Labute approximate surface area is 157 Å². The van der Waals surface area contributed by atoms with Gasteiger partial charge in [-0.2, -0.15) is 0 Å². The molecule has 4 heteroatoms. The van der Waals surface area contributed by atoms with Crippen LogP contribution in [0.1, 0.15) is 65.2 Å². The van der Waals surface area contributed by atoms with E-state index in [0.29, 0.717) is 24.7 Å². The third-order valence-corrected chi connectivity index (χ3v) is 5.65. The van der Waals surface area contributed by atoms with Crippen LogP contribution < -0.4 is 0 Å². The summed E-state index contributed by atoms with van der Waals surface area (Å²) in [5.74, 6) is 0.362. The Kier molecular flexibility index (Phi) is 8.11. The lowest BCUT2D eigenvalue weighted by atomic mass is 9.88. The number of carbonyl (C=O) groups is 1. The molecule has 3 N–H and O–H groups in total. The lowest BCUT2D eigenvalue weighted by molar-refractivity contribution is -0.137. The Balaban J connectivity index is 1.78. The van der Waals surface area contributed by atoms with E-state index in [1.807, 2.05) is 19.9 Å². The summed E-state index contributed by atoms with van der Waals surface area (Å²) in [7, 11) is 0. The molecule has 146 valence electrons. The van der Waals surface area contributed by atoms with Crippen molar-refractivity contribution in [2.75, 3.05) is 0 Å². The van der Waals surface area contributed by atoms with E-state index in [1.54, 1.807) is 0 Å². The van der Waals surface area contributed by atoms with E-state index < -0.39 is 5.97 Å². The summed E-state index contributed by atoms with van der Waals surface area (Å²) < 4.78 is 0. The lowest BCUT2D eigenvalue weighted by Crippen LogP contribution is -2.17. The van der Waals surface area contributed by atoms with Crippen molar-refractivity contribution in [3.63, 3.8) is 0 Å². The van der Waals surface area contributed by atoms with Gasteiger partial charge in [-0.3, -0.25) is 4.79 Å². The summed E-state index contributed by atoms with van der Waals surface area (Å²) in [6.07, 6.45) is 13.9. The molecule has 0 aromatic heterocycles. The van der Waals surface area contributed by atoms with Crippen molar-refractivity contribution in [3.05, 3.63) is 35.5 Å². The van der Waals surface area contributed by atoms with Gasteiger partial charge in [0.1, 0.15) is 0 Å². The van der Waals surface area contributed by atoms with E-state index >= 15 is 0 Å². The Morgan fingerprint density at radius 2 is 2.08 bits per heavy atom. The highest BCUT2D eigenvalue weighted by Crippen LogP contribution is 2.48. The van der Waals surface area contributed by atoms with Crippen molar-refractivity contribution in [2.24, 2.45) is 17.8 Å². The summed E-state index contributed by atoms with van der Waals surface area (Å²) in [6, 6.07) is 0. The highest BCUT2D eigenvalue weighted by molar-refractivity contribution is 5.66. The SMILES string of the molecule is CC(C)=CCC(O)CC=C[C@H]1[C@H]2CC(CCCCC(=O)O)=C[C@H]2C[C@H]1O. The summed E-state index contributed by atoms with van der Waals surface area (Å²) in [6.45, 7) is 4.06. The minimum absolute atomic E-state index is 0.170. The van der Waals surface area contributed by atoms with Crippen LogP contribution in [0.15, 0.2) is 35.5 Å². The van der Waals surface area contributed by atoms with Gasteiger partial charge < -0.3 is 15.3 Å². The molecule has 1 saturated carbocycles. The molecule has 26 heavy (non-hydrogen) atoms. The number of aliphatic hydroxyl groups is 2. The van der Waals surface area contributed by atoms with E-state index in [-0.39, 0.29) is 24.5 Å². The molecule has 0 aliphatic heterocycles. The summed E-state index contributed by atoms with van der Waals surface area (Å²) >= 11 is 0. The average Bonchev–Trinajstić information content (AvgIpc) is 3.07. The van der Waals surface area contributed by atoms with E-state index in [0.717, 1.165) is 32.1 Å². The van der Waals surface area contributed by atoms with Crippen molar-refractivity contribution in [1.29, 1.82) is 0 Å². The van der Waals surface area contributed by atoms with Gasteiger partial charge in [-0.25, -0.2) is 0 Å². The van der Waals surface area contributed by atoms with Gasteiger partial charge in [0.15, 0.2) is 0 Å². The summed E-state index contributed by atoms with van der Waals surface area (Å²) in [5, 5.41) is 29.1. The Morgan fingerprint density at radius 3 is 2.77 bits per heavy atom. The van der Waals surface area contributed by atoms with Gasteiger partial charge in [0, 0.05) is 12.3 Å². The maximum atomic E-state index is 10.6. The molecule has 0 bridgehead atoms. The van der Waals surface area contributed by atoms with Gasteiger partial charge in [-0.1, -0.05) is 35.5 Å². The summed E-state index contributed by atoms with van der Waals surface area (Å²) in [5.41, 5.74) is 2.65. The van der Waals surface area contributed by atoms with Gasteiger partial charge in [-0.15, -0.1) is 0 Å². The van der Waals surface area contributed by atoms with Crippen molar-refractivity contribution in [2.45, 2.75) is 77.4 Å². The van der Waals surface area contributed by atoms with E-state index in [4.69, 9.17) is 5.11 Å². The Hall–Kier alpha value is -1.39. The monoisotopic (exact) mass is 362 g/mol. The fourth-order valence-electron chi connectivity index (χ4n) is 4.28. The normalized spacial score (nSPS) is 28.8. The molecule has 2 aliphatic rings. The summed E-state index contributed by atoms with van der Waals surface area (Å²) in [4.78, 5) is 10.6. The van der Waals surface area contributed by atoms with Crippen molar-refractivity contribution in [3.8, 4) is 0 Å². The maximum Gasteiger partial charge on any atom is 0.303 e. The number of rotatable bonds is 10. The van der Waals surface area contributed by atoms with Crippen LogP contribution in [0.2, 0.25) is 0 Å². The number of hydrogen-bond acceptors (Lipinski definition) is 3. The molecule has 0 aromatic carbocycles. The molecule has 0 saturated heterocycles. The highest BCUT2D eigenvalue weighted by atomic mass is 16.4. The average molecular weight is 363 g/mol. The van der Waals surface area contributed by atoms with Crippen LogP contribution in [-0.4, -0.2) is 33.5 Å². The molecule has 0 spiro atoms. The molecule has 0 radical (unpaired) electrons. The van der Waals surface area contributed by atoms with Crippen LogP contribution in [0.25, 0.3) is 0 Å². The van der Waals surface area contributed by atoms with Crippen LogP contribution in [0.5, 0.6) is 0 Å². The molecule has 5 atom stereocenters. The number of hydrogen-bond donors (Lipinski definition) is 3. The largest absolute Gasteiger partial charge is 0.481 e. The van der Waals surface area contributed by atoms with E-state index in [1.165, 1.54) is 11.1 Å². The predicted molar refractivity (Wildman–Crippen MR) is 104 cm³/mol. The minimum atomic E-state index is -0.720. The van der Waals surface area contributed by atoms with Crippen LogP contribution in [0, 0.1) is 17.8 Å². The zero-order valence-corrected chi connectivity index (χ0v) is 16.1. The number of carboxylic acid groups (broad SMARTS) is 1. The molecule has 1 unspecified atom stereocenters. The number of aliphatic hydroxyl groups excluding tert-OH is 2. The second kappa shape index (κ2) is 10.1. The molecular formula is C22H34O4. The third kappa shape index (κ3) is 6.40. The van der Waals surface area contributed by atoms with Crippen molar-refractivity contribution >= 4 is 5.97 Å². The first-order chi connectivity index (χ1) is 12.4. The van der Waals surface area contributed by atoms with Gasteiger partial charge in [0.2, 0.25) is 0 Å². The van der Waals surface area contributed by atoms with Gasteiger partial charge in [0.25, 0.3) is 0 Å². The molecule has 2 aliphatic carbocycles. The maximum absolute atomic E-state index is 10.6. The lowest BCUT2D eigenvalue weighted by Gasteiger charge is -2.18. The Bertz CT molecular complexity index is 556. The smallest absolute Gasteiger partial charge is 0.303 e. The zero-order chi connectivity index (χ0) is 19.1. The second-order valence-corrected chi connectivity index (χ2v) is 8.17. The second-order valence-electron chi connectivity index (χ2n) is 8.17.